The van der Waals surface area contributed by atoms with Crippen molar-refractivity contribution in [1.82, 2.24) is 20.6 Å². The fraction of sp³-hybridized carbons (Fsp3) is 0.533. The SMILES string of the molecule is O=C(NC1CCOCC1)NC1CN(c2ncnc3ccsc23)C1. The maximum absolute atomic E-state index is 12.0. The zero-order valence-electron chi connectivity index (χ0n) is 12.7. The van der Waals surface area contributed by atoms with Gasteiger partial charge >= 0.3 is 6.03 Å². The van der Waals surface area contributed by atoms with Crippen LogP contribution in [0.2, 0.25) is 0 Å². The molecular weight excluding hydrogens is 314 g/mol. The molecule has 4 heterocycles. The fourth-order valence-corrected chi connectivity index (χ4v) is 3.86. The summed E-state index contributed by atoms with van der Waals surface area (Å²) in [7, 11) is 0. The summed E-state index contributed by atoms with van der Waals surface area (Å²) in [5.74, 6) is 0.966. The lowest BCUT2D eigenvalue weighted by Crippen LogP contribution is -2.62. The number of nitrogens with one attached hydrogen (secondary N) is 2. The second-order valence-corrected chi connectivity index (χ2v) is 6.85. The normalized spacial score (nSPS) is 19.6. The molecule has 0 unspecified atom stereocenters. The minimum Gasteiger partial charge on any atom is -0.381 e. The number of nitrogens with zero attached hydrogens (tertiary/aromatic N) is 3. The van der Waals surface area contributed by atoms with Gasteiger partial charge < -0.3 is 20.3 Å². The number of anilines is 1. The molecule has 8 heteroatoms. The van der Waals surface area contributed by atoms with Crippen molar-refractivity contribution >= 4 is 33.4 Å². The van der Waals surface area contributed by atoms with Crippen molar-refractivity contribution in [3.8, 4) is 0 Å². The summed E-state index contributed by atoms with van der Waals surface area (Å²) in [4.78, 5) is 22.9. The van der Waals surface area contributed by atoms with Crippen LogP contribution in [0.5, 0.6) is 0 Å². The largest absolute Gasteiger partial charge is 0.381 e. The number of thiophene rings is 1. The zero-order chi connectivity index (χ0) is 15.6. The molecule has 0 saturated carbocycles. The number of aromatic nitrogens is 2. The molecule has 0 aliphatic carbocycles. The first-order chi connectivity index (χ1) is 11.3. The van der Waals surface area contributed by atoms with Crippen molar-refractivity contribution in [2.75, 3.05) is 31.2 Å². The number of hydrogen-bond donors (Lipinski definition) is 2. The smallest absolute Gasteiger partial charge is 0.315 e. The van der Waals surface area contributed by atoms with E-state index in [0.29, 0.717) is 0 Å². The molecule has 2 aliphatic heterocycles. The maximum Gasteiger partial charge on any atom is 0.315 e. The van der Waals surface area contributed by atoms with Crippen molar-refractivity contribution in [1.29, 1.82) is 0 Å². The fourth-order valence-electron chi connectivity index (χ4n) is 3.00. The third kappa shape index (κ3) is 3.09. The third-order valence-electron chi connectivity index (χ3n) is 4.30. The van der Waals surface area contributed by atoms with Crippen LogP contribution in [-0.2, 0) is 4.74 Å². The summed E-state index contributed by atoms with van der Waals surface area (Å²) in [6.45, 7) is 3.02. The van der Waals surface area contributed by atoms with E-state index in [1.165, 1.54) is 0 Å². The first kappa shape index (κ1) is 14.6. The highest BCUT2D eigenvalue weighted by molar-refractivity contribution is 7.17. The highest BCUT2D eigenvalue weighted by Crippen LogP contribution is 2.30. The summed E-state index contributed by atoms with van der Waals surface area (Å²) >= 11 is 1.65. The Balaban J connectivity index is 1.29. The summed E-state index contributed by atoms with van der Waals surface area (Å²) in [6, 6.07) is 2.32. The minimum absolute atomic E-state index is 0.0782. The molecule has 2 saturated heterocycles. The van der Waals surface area contributed by atoms with Gasteiger partial charge in [-0.05, 0) is 24.3 Å². The van der Waals surface area contributed by atoms with E-state index in [1.807, 2.05) is 11.4 Å². The molecule has 0 spiro atoms. The first-order valence-corrected chi connectivity index (χ1v) is 8.75. The van der Waals surface area contributed by atoms with Crippen LogP contribution < -0.4 is 15.5 Å². The van der Waals surface area contributed by atoms with Gasteiger partial charge in [0.1, 0.15) is 12.1 Å². The predicted molar refractivity (Wildman–Crippen MR) is 88.9 cm³/mol. The summed E-state index contributed by atoms with van der Waals surface area (Å²) < 4.78 is 6.41. The van der Waals surface area contributed by atoms with Crippen molar-refractivity contribution in [2.45, 2.75) is 24.9 Å². The molecule has 0 bridgehead atoms. The van der Waals surface area contributed by atoms with Crippen LogP contribution in [0.25, 0.3) is 10.2 Å². The number of rotatable bonds is 3. The quantitative estimate of drug-likeness (QED) is 0.886. The first-order valence-electron chi connectivity index (χ1n) is 7.87. The number of amides is 2. The van der Waals surface area contributed by atoms with Gasteiger partial charge in [-0.25, -0.2) is 14.8 Å². The summed E-state index contributed by atoms with van der Waals surface area (Å²) in [6.07, 6.45) is 3.38. The number of carbonyl (C=O) groups excluding carboxylic acids is 1. The van der Waals surface area contributed by atoms with Crippen LogP contribution in [0.4, 0.5) is 10.6 Å². The van der Waals surface area contributed by atoms with E-state index in [2.05, 4.69) is 25.5 Å². The Morgan fingerprint density at radius 2 is 2.00 bits per heavy atom. The van der Waals surface area contributed by atoms with Crippen molar-refractivity contribution in [3.05, 3.63) is 17.8 Å². The lowest BCUT2D eigenvalue weighted by Gasteiger charge is -2.40. The van der Waals surface area contributed by atoms with Crippen LogP contribution in [0.15, 0.2) is 17.8 Å². The molecule has 7 nitrogen and oxygen atoms in total. The van der Waals surface area contributed by atoms with Gasteiger partial charge in [0.25, 0.3) is 0 Å². The highest BCUT2D eigenvalue weighted by atomic mass is 32.1. The van der Waals surface area contributed by atoms with Gasteiger partial charge in [0.15, 0.2) is 0 Å². The number of fused-ring (bicyclic) bond motifs is 1. The van der Waals surface area contributed by atoms with E-state index in [-0.39, 0.29) is 18.1 Å². The van der Waals surface area contributed by atoms with Crippen LogP contribution in [0, 0.1) is 0 Å². The Morgan fingerprint density at radius 1 is 1.22 bits per heavy atom. The standard InChI is InChI=1S/C15H19N5O2S/c21-15(18-10-1-4-22-5-2-10)19-11-7-20(8-11)14-13-12(3-6-23-13)16-9-17-14/h3,6,9-11H,1-2,4-5,7-8H2,(H2,18,19,21). The van der Waals surface area contributed by atoms with Gasteiger partial charge in [-0.3, -0.25) is 0 Å². The van der Waals surface area contributed by atoms with Gasteiger partial charge in [0.05, 0.1) is 16.3 Å². The molecule has 122 valence electrons. The lowest BCUT2D eigenvalue weighted by molar-refractivity contribution is 0.0799. The average molecular weight is 333 g/mol. The second-order valence-electron chi connectivity index (χ2n) is 5.94. The highest BCUT2D eigenvalue weighted by Gasteiger charge is 2.31. The minimum atomic E-state index is -0.0782. The third-order valence-corrected chi connectivity index (χ3v) is 5.20. The summed E-state index contributed by atoms with van der Waals surface area (Å²) in [5.41, 5.74) is 0.980. The molecule has 2 aliphatic rings. The molecule has 2 aromatic heterocycles. The Labute approximate surface area is 138 Å². The molecule has 2 amide bonds. The van der Waals surface area contributed by atoms with Gasteiger partial charge in [-0.15, -0.1) is 11.3 Å². The molecular formula is C15H19N5O2S. The van der Waals surface area contributed by atoms with E-state index >= 15 is 0 Å². The molecule has 0 atom stereocenters. The molecule has 2 fully saturated rings. The molecule has 0 aromatic carbocycles. The Bertz CT molecular complexity index is 694. The van der Waals surface area contributed by atoms with E-state index in [0.717, 1.165) is 55.2 Å². The Morgan fingerprint density at radius 3 is 2.83 bits per heavy atom. The van der Waals surface area contributed by atoms with Gasteiger partial charge in [0.2, 0.25) is 0 Å². The summed E-state index contributed by atoms with van der Waals surface area (Å²) in [5, 5.41) is 8.09. The Hall–Kier alpha value is -1.93. The predicted octanol–water partition coefficient (Wildman–Crippen LogP) is 1.36. The van der Waals surface area contributed by atoms with Crippen molar-refractivity contribution in [2.24, 2.45) is 0 Å². The van der Waals surface area contributed by atoms with Crippen LogP contribution in [0.1, 0.15) is 12.8 Å². The average Bonchev–Trinajstić information content (AvgIpc) is 3.00. The zero-order valence-corrected chi connectivity index (χ0v) is 13.5. The van der Waals surface area contributed by atoms with Gasteiger partial charge in [0, 0.05) is 32.3 Å². The molecule has 23 heavy (non-hydrogen) atoms. The van der Waals surface area contributed by atoms with Crippen molar-refractivity contribution in [3.63, 3.8) is 0 Å². The van der Waals surface area contributed by atoms with E-state index in [9.17, 15) is 4.79 Å². The number of carbonyl (C=O) groups is 1. The van der Waals surface area contributed by atoms with Crippen LogP contribution in [-0.4, -0.2) is 54.4 Å². The monoisotopic (exact) mass is 333 g/mol. The molecule has 2 N–H and O–H groups in total. The van der Waals surface area contributed by atoms with E-state index < -0.39 is 0 Å². The number of urea groups is 1. The van der Waals surface area contributed by atoms with Gasteiger partial charge in [-0.1, -0.05) is 0 Å². The van der Waals surface area contributed by atoms with Crippen molar-refractivity contribution < 1.29 is 9.53 Å². The van der Waals surface area contributed by atoms with Crippen LogP contribution >= 0.6 is 11.3 Å². The van der Waals surface area contributed by atoms with Gasteiger partial charge in [-0.2, -0.15) is 0 Å². The number of hydrogen-bond acceptors (Lipinski definition) is 6. The maximum atomic E-state index is 12.0. The lowest BCUT2D eigenvalue weighted by atomic mass is 10.1. The molecule has 4 rings (SSSR count). The topological polar surface area (TPSA) is 79.4 Å². The second kappa shape index (κ2) is 6.29. The number of ether oxygens (including phenoxy) is 1. The van der Waals surface area contributed by atoms with Crippen LogP contribution in [0.3, 0.4) is 0 Å². The van der Waals surface area contributed by atoms with E-state index in [4.69, 9.17) is 4.74 Å². The Kier molecular flexibility index (Phi) is 4.00. The van der Waals surface area contributed by atoms with E-state index in [1.54, 1.807) is 17.7 Å². The molecule has 2 aromatic rings. The molecule has 0 radical (unpaired) electrons.